The normalized spacial score (nSPS) is 35.7. The van der Waals surface area contributed by atoms with Crippen molar-refractivity contribution in [2.24, 2.45) is 23.7 Å². The van der Waals surface area contributed by atoms with Gasteiger partial charge in [-0.25, -0.2) is 0 Å². The van der Waals surface area contributed by atoms with Gasteiger partial charge in [-0.15, -0.1) is 0 Å². The Bertz CT molecular complexity index is 233. The monoisotopic (exact) mass is 208 g/mol. The van der Waals surface area contributed by atoms with Gasteiger partial charge in [0.25, 0.3) is 0 Å². The Balaban J connectivity index is 1.75. The fourth-order valence-electron chi connectivity index (χ4n) is 3.54. The molecular weight excluding hydrogens is 184 g/mol. The summed E-state index contributed by atoms with van der Waals surface area (Å²) in [5, 5.41) is 0. The first-order chi connectivity index (χ1) is 7.19. The summed E-state index contributed by atoms with van der Waals surface area (Å²) < 4.78 is 0. The third-order valence-corrected chi connectivity index (χ3v) is 4.65. The lowest BCUT2D eigenvalue weighted by Crippen LogP contribution is -2.16. The highest BCUT2D eigenvalue weighted by molar-refractivity contribution is 5.78. The van der Waals surface area contributed by atoms with Crippen molar-refractivity contribution in [3.05, 3.63) is 0 Å². The first-order valence-electron chi connectivity index (χ1n) is 6.70. The third kappa shape index (κ3) is 2.62. The average Bonchev–Trinajstić information content (AvgIpc) is 2.78. The molecule has 2 saturated carbocycles. The highest BCUT2D eigenvalue weighted by Gasteiger charge is 2.39. The van der Waals surface area contributed by atoms with E-state index in [0.29, 0.717) is 11.7 Å². The minimum atomic E-state index is 0.530. The predicted molar refractivity (Wildman–Crippen MR) is 62.6 cm³/mol. The maximum absolute atomic E-state index is 11.8. The lowest BCUT2D eigenvalue weighted by atomic mass is 9.84. The van der Waals surface area contributed by atoms with Crippen LogP contribution in [-0.4, -0.2) is 5.78 Å². The molecule has 1 nitrogen and oxygen atoms in total. The molecule has 1 heteroatoms. The summed E-state index contributed by atoms with van der Waals surface area (Å²) in [5.41, 5.74) is 0. The molecule has 2 rings (SSSR count). The van der Waals surface area contributed by atoms with Gasteiger partial charge in [0.15, 0.2) is 0 Å². The molecule has 2 aliphatic carbocycles. The van der Waals surface area contributed by atoms with Crippen LogP contribution in [0.4, 0.5) is 0 Å². The standard InChI is InChI=1S/C14H24O/c1-3-10(2)6-14(15)9-13-8-11-4-5-12(13)7-11/h10-13H,3-9H2,1-2H3. The highest BCUT2D eigenvalue weighted by atomic mass is 16.1. The number of carbonyl (C=O) groups is 1. The zero-order valence-corrected chi connectivity index (χ0v) is 10.2. The Hall–Kier alpha value is -0.330. The van der Waals surface area contributed by atoms with Gasteiger partial charge in [-0.1, -0.05) is 26.7 Å². The molecule has 0 aromatic rings. The summed E-state index contributed by atoms with van der Waals surface area (Å²) in [7, 11) is 0. The molecule has 4 atom stereocenters. The molecule has 0 aromatic carbocycles. The Labute approximate surface area is 93.6 Å². The fraction of sp³-hybridized carbons (Fsp3) is 0.929. The van der Waals surface area contributed by atoms with Crippen LogP contribution in [0.3, 0.4) is 0 Å². The Morgan fingerprint density at radius 1 is 1.33 bits per heavy atom. The molecule has 0 spiro atoms. The Kier molecular flexibility index (Phi) is 3.48. The molecule has 2 fully saturated rings. The molecular formula is C14H24O. The summed E-state index contributed by atoms with van der Waals surface area (Å²) in [5.74, 6) is 3.78. The predicted octanol–water partition coefficient (Wildman–Crippen LogP) is 3.82. The van der Waals surface area contributed by atoms with Crippen molar-refractivity contribution < 1.29 is 4.79 Å². The maximum Gasteiger partial charge on any atom is 0.133 e. The van der Waals surface area contributed by atoms with E-state index < -0.39 is 0 Å². The Morgan fingerprint density at radius 2 is 2.13 bits per heavy atom. The van der Waals surface area contributed by atoms with Gasteiger partial charge in [0, 0.05) is 12.8 Å². The number of hydrogen-bond acceptors (Lipinski definition) is 1. The van der Waals surface area contributed by atoms with Crippen LogP contribution >= 0.6 is 0 Å². The van der Waals surface area contributed by atoms with Crippen LogP contribution in [0, 0.1) is 23.7 Å². The largest absolute Gasteiger partial charge is 0.300 e. The van der Waals surface area contributed by atoms with E-state index in [2.05, 4.69) is 13.8 Å². The summed E-state index contributed by atoms with van der Waals surface area (Å²) in [6.07, 6.45) is 8.50. The van der Waals surface area contributed by atoms with Crippen LogP contribution in [-0.2, 0) is 4.79 Å². The molecule has 0 amide bonds. The molecule has 2 aliphatic rings. The van der Waals surface area contributed by atoms with E-state index in [1.54, 1.807) is 0 Å². The van der Waals surface area contributed by atoms with Gasteiger partial charge in [0.2, 0.25) is 0 Å². The van der Waals surface area contributed by atoms with E-state index in [9.17, 15) is 4.79 Å². The van der Waals surface area contributed by atoms with E-state index in [4.69, 9.17) is 0 Å². The number of hydrogen-bond donors (Lipinski definition) is 0. The van der Waals surface area contributed by atoms with E-state index >= 15 is 0 Å². The van der Waals surface area contributed by atoms with E-state index in [-0.39, 0.29) is 0 Å². The van der Waals surface area contributed by atoms with Gasteiger partial charge >= 0.3 is 0 Å². The molecule has 4 unspecified atom stereocenters. The van der Waals surface area contributed by atoms with Gasteiger partial charge in [0.1, 0.15) is 5.78 Å². The number of carbonyl (C=O) groups excluding carboxylic acids is 1. The van der Waals surface area contributed by atoms with E-state index in [1.165, 1.54) is 25.7 Å². The minimum Gasteiger partial charge on any atom is -0.300 e. The van der Waals surface area contributed by atoms with Gasteiger partial charge in [-0.05, 0) is 42.9 Å². The second-order valence-corrected chi connectivity index (χ2v) is 5.90. The van der Waals surface area contributed by atoms with Crippen molar-refractivity contribution in [3.63, 3.8) is 0 Å². The van der Waals surface area contributed by atoms with Crippen molar-refractivity contribution in [1.29, 1.82) is 0 Å². The molecule has 0 aliphatic heterocycles. The molecule has 0 radical (unpaired) electrons. The van der Waals surface area contributed by atoms with Crippen LogP contribution in [0.2, 0.25) is 0 Å². The lowest BCUT2D eigenvalue weighted by molar-refractivity contribution is -0.121. The average molecular weight is 208 g/mol. The first-order valence-corrected chi connectivity index (χ1v) is 6.70. The van der Waals surface area contributed by atoms with Crippen LogP contribution in [0.1, 0.15) is 58.8 Å². The zero-order chi connectivity index (χ0) is 10.8. The molecule has 0 aromatic heterocycles. The van der Waals surface area contributed by atoms with E-state index in [0.717, 1.165) is 37.0 Å². The third-order valence-electron chi connectivity index (χ3n) is 4.65. The first kappa shape index (κ1) is 11.2. The van der Waals surface area contributed by atoms with Gasteiger partial charge in [-0.2, -0.15) is 0 Å². The van der Waals surface area contributed by atoms with Crippen LogP contribution < -0.4 is 0 Å². The van der Waals surface area contributed by atoms with Gasteiger partial charge < -0.3 is 0 Å². The van der Waals surface area contributed by atoms with Gasteiger partial charge in [0.05, 0.1) is 0 Å². The smallest absolute Gasteiger partial charge is 0.133 e. The van der Waals surface area contributed by atoms with Crippen molar-refractivity contribution in [3.8, 4) is 0 Å². The Morgan fingerprint density at radius 3 is 2.67 bits per heavy atom. The summed E-state index contributed by atoms with van der Waals surface area (Å²) in [6, 6.07) is 0. The summed E-state index contributed by atoms with van der Waals surface area (Å²) in [6.45, 7) is 4.37. The second kappa shape index (κ2) is 4.67. The van der Waals surface area contributed by atoms with Gasteiger partial charge in [-0.3, -0.25) is 4.79 Å². The number of Topliss-reactive ketones (excluding diaryl/α,β-unsaturated/α-hetero) is 1. The quantitative estimate of drug-likeness (QED) is 0.671. The van der Waals surface area contributed by atoms with Crippen molar-refractivity contribution >= 4 is 5.78 Å². The van der Waals surface area contributed by atoms with E-state index in [1.807, 2.05) is 0 Å². The fourth-order valence-corrected chi connectivity index (χ4v) is 3.54. The molecule has 0 heterocycles. The van der Waals surface area contributed by atoms with Crippen molar-refractivity contribution in [2.75, 3.05) is 0 Å². The van der Waals surface area contributed by atoms with Crippen LogP contribution in [0.15, 0.2) is 0 Å². The zero-order valence-electron chi connectivity index (χ0n) is 10.2. The molecule has 86 valence electrons. The summed E-state index contributed by atoms with van der Waals surface area (Å²) in [4.78, 5) is 11.8. The molecule has 0 saturated heterocycles. The maximum atomic E-state index is 11.8. The van der Waals surface area contributed by atoms with Crippen molar-refractivity contribution in [2.45, 2.75) is 58.8 Å². The topological polar surface area (TPSA) is 17.1 Å². The van der Waals surface area contributed by atoms with Crippen LogP contribution in [0.25, 0.3) is 0 Å². The second-order valence-electron chi connectivity index (χ2n) is 5.90. The lowest BCUT2D eigenvalue weighted by Gasteiger charge is -2.21. The minimum absolute atomic E-state index is 0.530. The molecule has 2 bridgehead atoms. The highest BCUT2D eigenvalue weighted by Crippen LogP contribution is 2.49. The summed E-state index contributed by atoms with van der Waals surface area (Å²) >= 11 is 0. The number of fused-ring (bicyclic) bond motifs is 2. The number of ketones is 1. The number of rotatable bonds is 5. The SMILES string of the molecule is CCC(C)CC(=O)CC1CC2CCC1C2. The molecule has 0 N–H and O–H groups in total. The van der Waals surface area contributed by atoms with Crippen LogP contribution in [0.5, 0.6) is 0 Å². The van der Waals surface area contributed by atoms with Crippen molar-refractivity contribution in [1.82, 2.24) is 0 Å². The molecule has 15 heavy (non-hydrogen) atoms.